The summed E-state index contributed by atoms with van der Waals surface area (Å²) in [5.74, 6) is -4.59. The highest BCUT2D eigenvalue weighted by molar-refractivity contribution is 5.73. The van der Waals surface area contributed by atoms with Gasteiger partial charge in [-0.25, -0.2) is 14.6 Å². The van der Waals surface area contributed by atoms with Crippen molar-refractivity contribution in [2.75, 3.05) is 26.2 Å². The van der Waals surface area contributed by atoms with Crippen LogP contribution in [0.3, 0.4) is 0 Å². The monoisotopic (exact) mass is 626 g/mol. The molecule has 0 atom stereocenters. The minimum atomic E-state index is -5.08. The van der Waals surface area contributed by atoms with E-state index in [9.17, 15) is 26.3 Å². The van der Waals surface area contributed by atoms with Gasteiger partial charge in [-0.15, -0.1) is 0 Å². The van der Waals surface area contributed by atoms with E-state index < -0.39 is 24.3 Å². The van der Waals surface area contributed by atoms with Gasteiger partial charge < -0.3 is 14.9 Å². The Hall–Kier alpha value is -4.66. The molecule has 2 N–H and O–H groups in total. The zero-order valence-corrected chi connectivity index (χ0v) is 23.1. The van der Waals surface area contributed by atoms with E-state index in [1.54, 1.807) is 12.4 Å². The Labute approximate surface area is 247 Å². The molecule has 1 aliphatic rings. The van der Waals surface area contributed by atoms with Gasteiger partial charge in [0.05, 0.1) is 11.9 Å². The highest BCUT2D eigenvalue weighted by atomic mass is 19.4. The third kappa shape index (κ3) is 10.3. The SMILES string of the molecule is O=C(O)C(F)(F)F.O=C(O)C(F)(F)F.c1cc(-c2cnc3cc(-c4ccc(OCCN5CCCCC5)cc4)ccn23)ccn1. The van der Waals surface area contributed by atoms with E-state index in [2.05, 4.69) is 61.9 Å². The first-order valence-corrected chi connectivity index (χ1v) is 13.2. The number of carboxylic acid groups (broad SMARTS) is 2. The standard InChI is InChI=1S/C25H26N4O.2C2HF3O2/c1-2-13-28(14-3-1)16-17-30-23-6-4-20(5-7-23)22-10-15-29-24(19-27-25(29)18-22)21-8-11-26-12-9-21;2*3-2(4,5)1(6)7/h4-12,15,18-19H,1-3,13-14,16-17H2;2*(H,6,7). The van der Waals surface area contributed by atoms with Crippen LogP contribution in [-0.4, -0.2) is 80.0 Å². The van der Waals surface area contributed by atoms with Gasteiger partial charge in [-0.2, -0.15) is 26.3 Å². The number of pyridine rings is 2. The highest BCUT2D eigenvalue weighted by Gasteiger charge is 2.38. The Morgan fingerprint density at radius 2 is 1.36 bits per heavy atom. The van der Waals surface area contributed by atoms with Crippen LogP contribution >= 0.6 is 0 Å². The van der Waals surface area contributed by atoms with Crippen molar-refractivity contribution in [1.82, 2.24) is 19.3 Å². The van der Waals surface area contributed by atoms with Gasteiger partial charge in [0.15, 0.2) is 0 Å². The third-order valence-corrected chi connectivity index (χ3v) is 6.29. The average molecular weight is 627 g/mol. The third-order valence-electron chi connectivity index (χ3n) is 6.29. The molecule has 9 nitrogen and oxygen atoms in total. The number of benzene rings is 1. The molecular weight excluding hydrogens is 598 g/mol. The lowest BCUT2D eigenvalue weighted by Crippen LogP contribution is -2.33. The summed E-state index contributed by atoms with van der Waals surface area (Å²) >= 11 is 0. The molecule has 0 aliphatic carbocycles. The minimum absolute atomic E-state index is 0.747. The number of halogens is 6. The summed E-state index contributed by atoms with van der Waals surface area (Å²) in [5.41, 5.74) is 5.41. The second-order valence-electron chi connectivity index (χ2n) is 9.40. The molecule has 0 spiro atoms. The first kappa shape index (κ1) is 33.8. The van der Waals surface area contributed by atoms with Gasteiger partial charge in [0, 0.05) is 30.7 Å². The number of hydrogen-bond acceptors (Lipinski definition) is 6. The quantitative estimate of drug-likeness (QED) is 0.243. The predicted molar refractivity (Wildman–Crippen MR) is 147 cm³/mol. The number of hydrogen-bond donors (Lipinski definition) is 2. The molecule has 3 aromatic heterocycles. The van der Waals surface area contributed by atoms with Gasteiger partial charge in [0.25, 0.3) is 0 Å². The van der Waals surface area contributed by atoms with Crippen molar-refractivity contribution in [3.05, 3.63) is 73.3 Å². The lowest BCUT2D eigenvalue weighted by molar-refractivity contribution is -0.193. The number of aliphatic carboxylic acids is 2. The van der Waals surface area contributed by atoms with Gasteiger partial charge in [0.1, 0.15) is 18.0 Å². The minimum Gasteiger partial charge on any atom is -0.492 e. The average Bonchev–Trinajstić information content (AvgIpc) is 3.42. The predicted octanol–water partition coefficient (Wildman–Crippen LogP) is 6.19. The van der Waals surface area contributed by atoms with Crippen molar-refractivity contribution in [2.24, 2.45) is 0 Å². The normalized spacial score (nSPS) is 13.7. The number of aromatic nitrogens is 3. The van der Waals surface area contributed by atoms with Crippen molar-refractivity contribution in [2.45, 2.75) is 31.6 Å². The molecule has 5 rings (SSSR count). The maximum absolute atomic E-state index is 10.6. The number of piperidine rings is 1. The van der Waals surface area contributed by atoms with Crippen molar-refractivity contribution in [3.63, 3.8) is 0 Å². The molecule has 4 aromatic rings. The Kier molecular flexibility index (Phi) is 11.7. The van der Waals surface area contributed by atoms with Crippen molar-refractivity contribution < 1.29 is 50.9 Å². The van der Waals surface area contributed by atoms with Crippen molar-refractivity contribution in [3.8, 4) is 28.1 Å². The van der Waals surface area contributed by atoms with Gasteiger partial charge in [0.2, 0.25) is 0 Å². The zero-order valence-electron chi connectivity index (χ0n) is 23.1. The Morgan fingerprint density at radius 1 is 0.795 bits per heavy atom. The summed E-state index contributed by atoms with van der Waals surface area (Å²) in [4.78, 5) is 29.0. The Bertz CT molecular complexity index is 1480. The van der Waals surface area contributed by atoms with Gasteiger partial charge in [-0.1, -0.05) is 18.6 Å². The van der Waals surface area contributed by atoms with Gasteiger partial charge >= 0.3 is 24.3 Å². The van der Waals surface area contributed by atoms with Crippen LogP contribution in [-0.2, 0) is 9.59 Å². The summed E-state index contributed by atoms with van der Waals surface area (Å²) in [6, 6.07) is 16.6. The lowest BCUT2D eigenvalue weighted by Gasteiger charge is -2.26. The number of rotatable bonds is 6. The number of likely N-dealkylation sites (tertiary alicyclic amines) is 1. The summed E-state index contributed by atoms with van der Waals surface area (Å²) in [6.45, 7) is 4.18. The second-order valence-corrected chi connectivity index (χ2v) is 9.40. The Balaban J connectivity index is 0.000000317. The molecule has 44 heavy (non-hydrogen) atoms. The molecule has 1 aromatic carbocycles. The van der Waals surface area contributed by atoms with E-state index >= 15 is 0 Å². The maximum atomic E-state index is 10.6. The molecule has 1 fully saturated rings. The number of ether oxygens (including phenoxy) is 1. The number of alkyl halides is 6. The van der Waals surface area contributed by atoms with Crippen LogP contribution in [0.2, 0.25) is 0 Å². The van der Waals surface area contributed by atoms with Crippen LogP contribution in [0.1, 0.15) is 19.3 Å². The smallest absolute Gasteiger partial charge is 0.490 e. The van der Waals surface area contributed by atoms with E-state index in [1.165, 1.54) is 32.4 Å². The van der Waals surface area contributed by atoms with Crippen LogP contribution in [0.25, 0.3) is 28.0 Å². The fourth-order valence-electron chi connectivity index (χ4n) is 4.12. The van der Waals surface area contributed by atoms with Gasteiger partial charge in [-0.3, -0.25) is 14.3 Å². The molecule has 4 heterocycles. The van der Waals surface area contributed by atoms with Crippen molar-refractivity contribution in [1.29, 1.82) is 0 Å². The number of imidazole rings is 1. The van der Waals surface area contributed by atoms with E-state index in [0.29, 0.717) is 0 Å². The molecule has 0 amide bonds. The lowest BCUT2D eigenvalue weighted by atomic mass is 10.1. The van der Waals surface area contributed by atoms with Gasteiger partial charge in [-0.05, 0) is 73.5 Å². The van der Waals surface area contributed by atoms with Crippen LogP contribution in [0, 0.1) is 0 Å². The first-order valence-electron chi connectivity index (χ1n) is 13.2. The summed E-state index contributed by atoms with van der Waals surface area (Å²) < 4.78 is 71.5. The van der Waals surface area contributed by atoms with E-state index in [-0.39, 0.29) is 0 Å². The van der Waals surface area contributed by atoms with Crippen LogP contribution < -0.4 is 4.74 Å². The van der Waals surface area contributed by atoms with Crippen LogP contribution in [0.5, 0.6) is 5.75 Å². The van der Waals surface area contributed by atoms with Crippen LogP contribution in [0.15, 0.2) is 73.3 Å². The van der Waals surface area contributed by atoms with Crippen LogP contribution in [0.4, 0.5) is 26.3 Å². The number of nitrogens with zero attached hydrogens (tertiary/aromatic N) is 4. The fourth-order valence-corrected chi connectivity index (χ4v) is 4.12. The molecule has 236 valence electrons. The summed E-state index contributed by atoms with van der Waals surface area (Å²) in [6.07, 6.45) is 1.44. The first-order chi connectivity index (χ1) is 20.8. The number of fused-ring (bicyclic) bond motifs is 1. The fraction of sp³-hybridized carbons (Fsp3) is 0.310. The molecule has 0 bridgehead atoms. The Morgan fingerprint density at radius 3 is 1.91 bits per heavy atom. The van der Waals surface area contributed by atoms with Crippen molar-refractivity contribution >= 4 is 17.6 Å². The molecule has 1 aliphatic heterocycles. The largest absolute Gasteiger partial charge is 0.492 e. The number of carbonyl (C=O) groups is 2. The highest BCUT2D eigenvalue weighted by Crippen LogP contribution is 2.26. The van der Waals surface area contributed by atoms with E-state index in [1.807, 2.05) is 18.3 Å². The molecular formula is C29H28F6N4O5. The molecule has 0 saturated carbocycles. The zero-order chi connectivity index (χ0) is 32.3. The molecule has 0 radical (unpaired) electrons. The van der Waals surface area contributed by atoms with E-state index in [4.69, 9.17) is 24.5 Å². The maximum Gasteiger partial charge on any atom is 0.490 e. The number of carboxylic acids is 2. The topological polar surface area (TPSA) is 117 Å². The molecule has 15 heteroatoms. The molecule has 0 unspecified atom stereocenters. The van der Waals surface area contributed by atoms with E-state index in [0.717, 1.165) is 46.9 Å². The summed E-state index contributed by atoms with van der Waals surface area (Å²) in [5, 5.41) is 14.2. The second kappa shape index (κ2) is 15.2. The summed E-state index contributed by atoms with van der Waals surface area (Å²) in [7, 11) is 0. The molecule has 1 saturated heterocycles.